The van der Waals surface area contributed by atoms with Gasteiger partial charge in [0.2, 0.25) is 5.91 Å². The van der Waals surface area contributed by atoms with E-state index in [0.29, 0.717) is 11.6 Å². The third-order valence-electron chi connectivity index (χ3n) is 3.80. The average molecular weight is 346 g/mol. The molecule has 126 valence electrons. The van der Waals surface area contributed by atoms with Crippen molar-refractivity contribution in [2.75, 3.05) is 5.32 Å². The first-order chi connectivity index (χ1) is 11.6. The Morgan fingerprint density at radius 3 is 2.71 bits per heavy atom. The quantitative estimate of drug-likeness (QED) is 0.570. The highest BCUT2D eigenvalue weighted by molar-refractivity contribution is 6.30. The van der Waals surface area contributed by atoms with Gasteiger partial charge in [0, 0.05) is 17.3 Å². The monoisotopic (exact) mass is 345 g/mol. The minimum atomic E-state index is -0.453. The Hall–Kier alpha value is -2.12. The standard InChI is InChI=1S/C17H20ClN5O/c1-11-5-7-14(8-6-11)20-16-15(21-23-22-16)17(24)19-10-12-3-2-4-13(18)9-12/h2-9,15-16,20-23H,10H2,1H3,(H,19,24). The van der Waals surface area contributed by atoms with Gasteiger partial charge < -0.3 is 10.6 Å². The number of hydrogen-bond donors (Lipinski definition) is 5. The molecule has 0 saturated carbocycles. The van der Waals surface area contributed by atoms with E-state index in [-0.39, 0.29) is 12.1 Å². The van der Waals surface area contributed by atoms with E-state index in [1.807, 2.05) is 49.4 Å². The van der Waals surface area contributed by atoms with Crippen LogP contribution in [0.4, 0.5) is 5.69 Å². The molecule has 0 aromatic heterocycles. The largest absolute Gasteiger partial charge is 0.367 e. The Morgan fingerprint density at radius 2 is 1.96 bits per heavy atom. The van der Waals surface area contributed by atoms with Gasteiger partial charge in [-0.3, -0.25) is 4.79 Å². The number of halogens is 1. The van der Waals surface area contributed by atoms with Gasteiger partial charge in [-0.05, 0) is 36.8 Å². The Bertz CT molecular complexity index is 706. The van der Waals surface area contributed by atoms with E-state index >= 15 is 0 Å². The predicted molar refractivity (Wildman–Crippen MR) is 95.1 cm³/mol. The second-order valence-corrected chi connectivity index (χ2v) is 6.16. The van der Waals surface area contributed by atoms with Gasteiger partial charge in [0.15, 0.2) is 0 Å². The van der Waals surface area contributed by atoms with Crippen LogP contribution in [0.15, 0.2) is 48.5 Å². The first-order valence-corrected chi connectivity index (χ1v) is 8.11. The summed E-state index contributed by atoms with van der Waals surface area (Å²) in [7, 11) is 0. The average Bonchev–Trinajstić information content (AvgIpc) is 3.03. The van der Waals surface area contributed by atoms with Crippen LogP contribution in [0.2, 0.25) is 5.02 Å². The maximum atomic E-state index is 12.4. The molecule has 0 bridgehead atoms. The molecule has 3 rings (SSSR count). The predicted octanol–water partition coefficient (Wildman–Crippen LogP) is 1.68. The summed E-state index contributed by atoms with van der Waals surface area (Å²) in [6.07, 6.45) is -0.271. The van der Waals surface area contributed by atoms with Crippen LogP contribution in [0.5, 0.6) is 0 Å². The van der Waals surface area contributed by atoms with E-state index in [2.05, 4.69) is 27.0 Å². The molecule has 1 amide bonds. The van der Waals surface area contributed by atoms with Crippen molar-refractivity contribution in [3.05, 3.63) is 64.7 Å². The van der Waals surface area contributed by atoms with Crippen LogP contribution in [0.25, 0.3) is 0 Å². The van der Waals surface area contributed by atoms with Gasteiger partial charge in [-0.1, -0.05) is 41.4 Å². The van der Waals surface area contributed by atoms with Crippen molar-refractivity contribution in [1.82, 2.24) is 21.7 Å². The Labute approximate surface area is 145 Å². The number of benzene rings is 2. The molecule has 5 N–H and O–H groups in total. The Morgan fingerprint density at radius 1 is 1.17 bits per heavy atom. The number of rotatable bonds is 5. The van der Waals surface area contributed by atoms with Crippen molar-refractivity contribution >= 4 is 23.2 Å². The van der Waals surface area contributed by atoms with E-state index in [4.69, 9.17) is 11.6 Å². The van der Waals surface area contributed by atoms with Crippen molar-refractivity contribution in [3.8, 4) is 0 Å². The van der Waals surface area contributed by atoms with Crippen LogP contribution in [0, 0.1) is 6.92 Å². The first kappa shape index (κ1) is 16.7. The molecule has 0 spiro atoms. The summed E-state index contributed by atoms with van der Waals surface area (Å²) in [6.45, 7) is 2.46. The van der Waals surface area contributed by atoms with Crippen molar-refractivity contribution in [2.24, 2.45) is 0 Å². The Balaban J connectivity index is 1.58. The summed E-state index contributed by atoms with van der Waals surface area (Å²) < 4.78 is 0. The molecule has 2 unspecified atom stereocenters. The van der Waals surface area contributed by atoms with E-state index in [1.165, 1.54) is 5.56 Å². The lowest BCUT2D eigenvalue weighted by Gasteiger charge is -2.20. The molecule has 1 heterocycles. The number of hydrazine groups is 2. The number of nitrogens with one attached hydrogen (secondary N) is 5. The zero-order valence-corrected chi connectivity index (χ0v) is 14.0. The highest BCUT2D eigenvalue weighted by Crippen LogP contribution is 2.12. The van der Waals surface area contributed by atoms with Crippen molar-refractivity contribution in [1.29, 1.82) is 0 Å². The van der Waals surface area contributed by atoms with E-state index in [0.717, 1.165) is 11.3 Å². The summed E-state index contributed by atoms with van der Waals surface area (Å²) >= 11 is 5.96. The molecule has 1 aliphatic rings. The van der Waals surface area contributed by atoms with Crippen molar-refractivity contribution in [2.45, 2.75) is 25.7 Å². The summed E-state index contributed by atoms with van der Waals surface area (Å²) in [5, 5.41) is 6.86. The third-order valence-corrected chi connectivity index (χ3v) is 4.04. The highest BCUT2D eigenvalue weighted by atomic mass is 35.5. The van der Waals surface area contributed by atoms with Crippen LogP contribution in [0.1, 0.15) is 11.1 Å². The fraction of sp³-hybridized carbons (Fsp3) is 0.235. The van der Waals surface area contributed by atoms with Crippen LogP contribution in [-0.4, -0.2) is 18.1 Å². The highest BCUT2D eigenvalue weighted by Gasteiger charge is 2.32. The molecule has 6 nitrogen and oxygen atoms in total. The van der Waals surface area contributed by atoms with Gasteiger partial charge in [-0.25, -0.2) is 10.9 Å². The second kappa shape index (κ2) is 7.63. The van der Waals surface area contributed by atoms with Crippen molar-refractivity contribution < 1.29 is 4.79 Å². The van der Waals surface area contributed by atoms with Crippen LogP contribution in [0.3, 0.4) is 0 Å². The SMILES string of the molecule is Cc1ccc(NC2NNNC2C(=O)NCc2cccc(Cl)c2)cc1. The van der Waals surface area contributed by atoms with Gasteiger partial charge >= 0.3 is 0 Å². The van der Waals surface area contributed by atoms with Gasteiger partial charge in [0.25, 0.3) is 0 Å². The maximum absolute atomic E-state index is 12.4. The number of amides is 1. The van der Waals surface area contributed by atoms with Crippen LogP contribution in [-0.2, 0) is 11.3 Å². The zero-order valence-electron chi connectivity index (χ0n) is 13.3. The Kier molecular flexibility index (Phi) is 5.32. The lowest BCUT2D eigenvalue weighted by Crippen LogP contribution is -2.50. The van der Waals surface area contributed by atoms with E-state index < -0.39 is 6.04 Å². The number of anilines is 1. The fourth-order valence-corrected chi connectivity index (χ4v) is 2.69. The van der Waals surface area contributed by atoms with Crippen molar-refractivity contribution in [3.63, 3.8) is 0 Å². The summed E-state index contributed by atoms with van der Waals surface area (Å²) in [5.74, 6) is -0.114. The lowest BCUT2D eigenvalue weighted by molar-refractivity contribution is -0.123. The summed E-state index contributed by atoms with van der Waals surface area (Å²) in [6, 6.07) is 15.0. The molecule has 7 heteroatoms. The van der Waals surface area contributed by atoms with Gasteiger partial charge in [-0.15, -0.1) is 0 Å². The van der Waals surface area contributed by atoms with Crippen LogP contribution < -0.4 is 27.0 Å². The van der Waals surface area contributed by atoms with Crippen LogP contribution >= 0.6 is 11.6 Å². The molecular formula is C17H20ClN5O. The second-order valence-electron chi connectivity index (χ2n) is 5.73. The van der Waals surface area contributed by atoms with E-state index in [9.17, 15) is 4.79 Å². The molecule has 1 saturated heterocycles. The normalized spacial score (nSPS) is 19.9. The third kappa shape index (κ3) is 4.24. The maximum Gasteiger partial charge on any atom is 0.242 e. The molecule has 0 aliphatic carbocycles. The molecule has 24 heavy (non-hydrogen) atoms. The van der Waals surface area contributed by atoms with Gasteiger partial charge in [-0.2, -0.15) is 5.53 Å². The number of hydrogen-bond acceptors (Lipinski definition) is 5. The minimum absolute atomic E-state index is 0.114. The molecule has 2 aromatic rings. The molecular weight excluding hydrogens is 326 g/mol. The number of aryl methyl sites for hydroxylation is 1. The molecule has 2 aromatic carbocycles. The lowest BCUT2D eigenvalue weighted by atomic mass is 10.1. The smallest absolute Gasteiger partial charge is 0.242 e. The number of carbonyl (C=O) groups excluding carboxylic acids is 1. The summed E-state index contributed by atoms with van der Waals surface area (Å²) in [4.78, 5) is 12.4. The number of carbonyl (C=O) groups is 1. The minimum Gasteiger partial charge on any atom is -0.367 e. The topological polar surface area (TPSA) is 77.2 Å². The van der Waals surface area contributed by atoms with E-state index in [1.54, 1.807) is 6.07 Å². The fourth-order valence-electron chi connectivity index (χ4n) is 2.48. The van der Waals surface area contributed by atoms with Gasteiger partial charge in [0.1, 0.15) is 12.2 Å². The first-order valence-electron chi connectivity index (χ1n) is 7.73. The van der Waals surface area contributed by atoms with Gasteiger partial charge in [0.05, 0.1) is 0 Å². The molecule has 0 radical (unpaired) electrons. The molecule has 1 aliphatic heterocycles. The summed E-state index contributed by atoms with van der Waals surface area (Å²) in [5.41, 5.74) is 11.8. The zero-order chi connectivity index (χ0) is 16.9. The molecule has 1 fully saturated rings. The molecule has 2 atom stereocenters.